The zero-order chi connectivity index (χ0) is 21.4. The topological polar surface area (TPSA) is 73.9 Å². The van der Waals surface area contributed by atoms with Crippen LogP contribution >= 0.6 is 11.6 Å². The molecule has 1 amide bonds. The maximum absolute atomic E-state index is 12.9. The van der Waals surface area contributed by atoms with E-state index in [4.69, 9.17) is 25.8 Å². The number of carbonyl (C=O) groups excluding carboxylic acids is 2. The molecule has 2 aromatic carbocycles. The van der Waals surface area contributed by atoms with Crippen molar-refractivity contribution in [3.05, 3.63) is 58.4 Å². The number of hydrogen-bond acceptors (Lipinski definition) is 5. The maximum atomic E-state index is 12.9. The first-order chi connectivity index (χ1) is 13.8. The van der Waals surface area contributed by atoms with E-state index in [1.54, 1.807) is 19.1 Å². The van der Waals surface area contributed by atoms with Crippen molar-refractivity contribution in [1.82, 2.24) is 5.32 Å². The largest absolute Gasteiger partial charge is 0.493 e. The quantitative estimate of drug-likeness (QED) is 0.621. The van der Waals surface area contributed by atoms with Crippen LogP contribution in [0.25, 0.3) is 0 Å². The average molecular weight is 424 g/mol. The summed E-state index contributed by atoms with van der Waals surface area (Å²) in [6.45, 7) is 3.98. The molecule has 2 aromatic rings. The van der Waals surface area contributed by atoms with Crippen molar-refractivity contribution in [1.29, 1.82) is 0 Å². The highest BCUT2D eigenvalue weighted by Gasteiger charge is 2.21. The second-order valence-electron chi connectivity index (χ2n) is 6.14. The molecular formula is C21H23ClFNO5. The van der Waals surface area contributed by atoms with Crippen LogP contribution in [0.5, 0.6) is 11.5 Å². The first-order valence-corrected chi connectivity index (χ1v) is 9.47. The minimum atomic E-state index is -1.01. The van der Waals surface area contributed by atoms with Crippen LogP contribution in [0.4, 0.5) is 4.39 Å². The van der Waals surface area contributed by atoms with E-state index >= 15 is 0 Å². The Balaban J connectivity index is 1.92. The number of esters is 1. The van der Waals surface area contributed by atoms with E-state index in [1.807, 2.05) is 0 Å². The van der Waals surface area contributed by atoms with Gasteiger partial charge in [0.1, 0.15) is 5.82 Å². The number of rotatable bonds is 9. The first kappa shape index (κ1) is 22.5. The summed E-state index contributed by atoms with van der Waals surface area (Å²) >= 11 is 6.16. The lowest BCUT2D eigenvalue weighted by atomic mass is 10.1. The fourth-order valence-corrected chi connectivity index (χ4v) is 2.79. The molecule has 8 heteroatoms. The summed E-state index contributed by atoms with van der Waals surface area (Å²) in [5.41, 5.74) is 1.02. The van der Waals surface area contributed by atoms with Crippen LogP contribution in [-0.4, -0.2) is 38.2 Å². The Morgan fingerprint density at radius 3 is 2.52 bits per heavy atom. The summed E-state index contributed by atoms with van der Waals surface area (Å²) in [5, 5.41) is 2.88. The van der Waals surface area contributed by atoms with E-state index in [9.17, 15) is 14.0 Å². The lowest BCUT2D eigenvalue weighted by Gasteiger charge is -2.15. The molecule has 6 nitrogen and oxygen atoms in total. The Kier molecular flexibility index (Phi) is 8.27. The Labute approximate surface area is 173 Å². The second-order valence-corrected chi connectivity index (χ2v) is 6.54. The molecular weight excluding hydrogens is 401 g/mol. The molecule has 0 radical (unpaired) electrons. The summed E-state index contributed by atoms with van der Waals surface area (Å²) in [4.78, 5) is 24.5. The van der Waals surface area contributed by atoms with Gasteiger partial charge in [-0.25, -0.2) is 9.18 Å². The van der Waals surface area contributed by atoms with Crippen molar-refractivity contribution in [3.63, 3.8) is 0 Å². The molecule has 0 spiro atoms. The monoisotopic (exact) mass is 423 g/mol. The average Bonchev–Trinajstić information content (AvgIpc) is 2.70. The Morgan fingerprint density at radius 2 is 1.90 bits per heavy atom. The summed E-state index contributed by atoms with van der Waals surface area (Å²) in [6.07, 6.45) is -0.481. The summed E-state index contributed by atoms with van der Waals surface area (Å²) in [7, 11) is 1.43. The molecule has 0 fully saturated rings. The van der Waals surface area contributed by atoms with Crippen LogP contribution in [0, 0.1) is 5.82 Å². The predicted octanol–water partition coefficient (Wildman–Crippen LogP) is 3.79. The van der Waals surface area contributed by atoms with E-state index in [0.29, 0.717) is 31.1 Å². The molecule has 0 saturated heterocycles. The highest BCUT2D eigenvalue weighted by molar-refractivity contribution is 6.32. The van der Waals surface area contributed by atoms with Crippen LogP contribution in [0.15, 0.2) is 36.4 Å². The van der Waals surface area contributed by atoms with Crippen molar-refractivity contribution in [3.8, 4) is 11.5 Å². The Bertz CT molecular complexity index is 857. The molecule has 0 aliphatic heterocycles. The summed E-state index contributed by atoms with van der Waals surface area (Å²) in [6, 6.07) is 8.85. The number of hydrogen-bond donors (Lipinski definition) is 1. The minimum absolute atomic E-state index is 0.140. The van der Waals surface area contributed by atoms with Crippen LogP contribution in [0.3, 0.4) is 0 Å². The van der Waals surface area contributed by atoms with Gasteiger partial charge in [0.05, 0.1) is 24.3 Å². The number of methoxy groups -OCH3 is 1. The van der Waals surface area contributed by atoms with Crippen LogP contribution in [0.1, 0.15) is 29.8 Å². The van der Waals surface area contributed by atoms with Gasteiger partial charge in [-0.05, 0) is 50.1 Å². The van der Waals surface area contributed by atoms with Crippen molar-refractivity contribution in [2.45, 2.75) is 26.4 Å². The van der Waals surface area contributed by atoms with Gasteiger partial charge >= 0.3 is 5.97 Å². The first-order valence-electron chi connectivity index (χ1n) is 9.09. The fourth-order valence-electron chi connectivity index (χ4n) is 2.53. The summed E-state index contributed by atoms with van der Waals surface area (Å²) in [5.74, 6) is -0.842. The van der Waals surface area contributed by atoms with E-state index in [-0.39, 0.29) is 16.4 Å². The lowest BCUT2D eigenvalue weighted by Crippen LogP contribution is -2.36. The van der Waals surface area contributed by atoms with Gasteiger partial charge < -0.3 is 19.5 Å². The highest BCUT2D eigenvalue weighted by atomic mass is 35.5. The van der Waals surface area contributed by atoms with E-state index in [0.717, 1.165) is 5.56 Å². The number of nitrogens with one attached hydrogen (secondary N) is 1. The van der Waals surface area contributed by atoms with Gasteiger partial charge in [0.15, 0.2) is 17.6 Å². The third kappa shape index (κ3) is 6.35. The van der Waals surface area contributed by atoms with Gasteiger partial charge in [-0.3, -0.25) is 4.79 Å². The fraction of sp³-hybridized carbons (Fsp3) is 0.333. The normalized spacial score (nSPS) is 11.5. The third-order valence-corrected chi connectivity index (χ3v) is 4.31. The highest BCUT2D eigenvalue weighted by Crippen LogP contribution is 2.36. The Hall–Kier alpha value is -2.80. The zero-order valence-electron chi connectivity index (χ0n) is 16.5. The standard InChI is InChI=1S/C21H23ClFNO5/c1-4-28-19-17(22)11-15(12-18(19)27-3)21(26)29-13(2)20(25)24-10-9-14-5-7-16(23)8-6-14/h5-8,11-13H,4,9-10H2,1-3H3,(H,24,25). The summed E-state index contributed by atoms with van der Waals surface area (Å²) < 4.78 is 28.7. The number of amides is 1. The third-order valence-electron chi connectivity index (χ3n) is 4.03. The second kappa shape index (κ2) is 10.7. The van der Waals surface area contributed by atoms with Gasteiger partial charge in [-0.1, -0.05) is 23.7 Å². The zero-order valence-corrected chi connectivity index (χ0v) is 17.2. The number of halogens is 2. The molecule has 29 heavy (non-hydrogen) atoms. The molecule has 0 bridgehead atoms. The van der Waals surface area contributed by atoms with E-state index in [1.165, 1.54) is 38.3 Å². The number of benzene rings is 2. The lowest BCUT2D eigenvalue weighted by molar-refractivity contribution is -0.129. The van der Waals surface area contributed by atoms with Gasteiger partial charge in [0, 0.05) is 6.54 Å². The van der Waals surface area contributed by atoms with E-state index < -0.39 is 18.0 Å². The number of ether oxygens (including phenoxy) is 3. The molecule has 2 rings (SSSR count). The Morgan fingerprint density at radius 1 is 1.21 bits per heavy atom. The molecule has 0 aliphatic rings. The van der Waals surface area contributed by atoms with Crippen molar-refractivity contribution in [2.75, 3.05) is 20.3 Å². The molecule has 0 aromatic heterocycles. The molecule has 156 valence electrons. The van der Waals surface area contributed by atoms with Crippen LogP contribution in [-0.2, 0) is 16.0 Å². The molecule has 1 unspecified atom stereocenters. The van der Waals surface area contributed by atoms with Crippen molar-refractivity contribution >= 4 is 23.5 Å². The van der Waals surface area contributed by atoms with E-state index in [2.05, 4.69) is 5.32 Å². The van der Waals surface area contributed by atoms with Crippen LogP contribution < -0.4 is 14.8 Å². The smallest absolute Gasteiger partial charge is 0.339 e. The van der Waals surface area contributed by atoms with Gasteiger partial charge in [0.25, 0.3) is 5.91 Å². The minimum Gasteiger partial charge on any atom is -0.493 e. The molecule has 0 aliphatic carbocycles. The predicted molar refractivity (Wildman–Crippen MR) is 107 cm³/mol. The number of carbonyl (C=O) groups is 2. The molecule has 1 atom stereocenters. The van der Waals surface area contributed by atoms with Crippen molar-refractivity contribution in [2.24, 2.45) is 0 Å². The molecule has 0 heterocycles. The SMILES string of the molecule is CCOc1c(Cl)cc(C(=O)OC(C)C(=O)NCCc2ccc(F)cc2)cc1OC. The molecule has 0 saturated carbocycles. The van der Waals surface area contributed by atoms with Gasteiger partial charge in [0.2, 0.25) is 0 Å². The van der Waals surface area contributed by atoms with Crippen LogP contribution in [0.2, 0.25) is 5.02 Å². The van der Waals surface area contributed by atoms with Gasteiger partial charge in [-0.15, -0.1) is 0 Å². The van der Waals surface area contributed by atoms with Crippen molar-refractivity contribution < 1.29 is 28.2 Å². The van der Waals surface area contributed by atoms with Gasteiger partial charge in [-0.2, -0.15) is 0 Å². The molecule has 1 N–H and O–H groups in total. The maximum Gasteiger partial charge on any atom is 0.339 e.